The number of carbonyl (C=O) groups excluding carboxylic acids is 2. The van der Waals surface area contributed by atoms with E-state index < -0.39 is 0 Å². The number of fused-ring (bicyclic) bond motifs is 1. The van der Waals surface area contributed by atoms with E-state index in [1.54, 1.807) is 25.2 Å². The lowest BCUT2D eigenvalue weighted by Crippen LogP contribution is -2.39. The van der Waals surface area contributed by atoms with Gasteiger partial charge in [0, 0.05) is 38.2 Å². The van der Waals surface area contributed by atoms with E-state index in [0.717, 1.165) is 6.54 Å². The summed E-state index contributed by atoms with van der Waals surface area (Å²) in [5.41, 5.74) is 1.20. The van der Waals surface area contributed by atoms with Crippen molar-refractivity contribution in [3.05, 3.63) is 23.8 Å². The molecule has 0 spiro atoms. The molecule has 0 radical (unpaired) electrons. The van der Waals surface area contributed by atoms with Crippen LogP contribution in [-0.4, -0.2) is 82.2 Å². The van der Waals surface area contributed by atoms with Gasteiger partial charge in [-0.2, -0.15) is 0 Å². The Balaban J connectivity index is 1.79. The number of amides is 2. The van der Waals surface area contributed by atoms with Crippen molar-refractivity contribution in [3.8, 4) is 5.75 Å². The Hall–Kier alpha value is -2.12. The van der Waals surface area contributed by atoms with Crippen molar-refractivity contribution < 1.29 is 19.1 Å². The van der Waals surface area contributed by atoms with Gasteiger partial charge >= 0.3 is 0 Å². The van der Waals surface area contributed by atoms with E-state index in [4.69, 9.17) is 9.47 Å². The first-order chi connectivity index (χ1) is 12.0. The molecule has 136 valence electrons. The summed E-state index contributed by atoms with van der Waals surface area (Å²) in [6, 6.07) is 5.26. The highest BCUT2D eigenvalue weighted by Crippen LogP contribution is 2.32. The Kier molecular flexibility index (Phi) is 5.24. The van der Waals surface area contributed by atoms with Crippen LogP contribution in [0.3, 0.4) is 0 Å². The van der Waals surface area contributed by atoms with Crippen molar-refractivity contribution in [1.29, 1.82) is 0 Å². The fraction of sp³-hybridized carbons (Fsp3) is 0.556. The number of likely N-dealkylation sites (N-methyl/N-ethyl adjacent to an activating group) is 1. The van der Waals surface area contributed by atoms with Gasteiger partial charge in [0.1, 0.15) is 5.75 Å². The second-order valence-electron chi connectivity index (χ2n) is 6.88. The van der Waals surface area contributed by atoms with Crippen LogP contribution >= 0.6 is 0 Å². The van der Waals surface area contributed by atoms with Crippen molar-refractivity contribution in [1.82, 2.24) is 9.80 Å². The van der Waals surface area contributed by atoms with Crippen molar-refractivity contribution in [2.75, 3.05) is 65.5 Å². The molecule has 0 bridgehead atoms. The lowest BCUT2D eigenvalue weighted by Gasteiger charge is -2.28. The minimum absolute atomic E-state index is 0.0342. The number of anilines is 1. The molecule has 2 aliphatic rings. The summed E-state index contributed by atoms with van der Waals surface area (Å²) in [7, 11) is 5.74. The number of rotatable bonds is 3. The average Bonchev–Trinajstić information content (AvgIpc) is 2.82. The van der Waals surface area contributed by atoms with Gasteiger partial charge in [-0.3, -0.25) is 9.59 Å². The molecule has 1 aromatic carbocycles. The molecule has 0 unspecified atom stereocenters. The second-order valence-corrected chi connectivity index (χ2v) is 6.88. The molecule has 1 saturated heterocycles. The van der Waals surface area contributed by atoms with Gasteiger partial charge in [-0.15, -0.1) is 0 Å². The lowest BCUT2D eigenvalue weighted by atomic mass is 10.1. The molecule has 7 nitrogen and oxygen atoms in total. The van der Waals surface area contributed by atoms with Crippen LogP contribution in [0.1, 0.15) is 10.4 Å². The number of ether oxygens (including phenoxy) is 2. The molecular weight excluding hydrogens is 322 g/mol. The number of benzene rings is 1. The highest BCUT2D eigenvalue weighted by molar-refractivity contribution is 6.01. The third-order valence-electron chi connectivity index (χ3n) is 4.54. The normalized spacial score (nSPS) is 21.0. The van der Waals surface area contributed by atoms with Gasteiger partial charge in [0.25, 0.3) is 11.8 Å². The van der Waals surface area contributed by atoms with E-state index >= 15 is 0 Å². The van der Waals surface area contributed by atoms with Crippen LogP contribution < -0.4 is 9.64 Å². The molecule has 3 rings (SSSR count). The van der Waals surface area contributed by atoms with Crippen LogP contribution in [0.2, 0.25) is 0 Å². The first-order valence-electron chi connectivity index (χ1n) is 8.51. The van der Waals surface area contributed by atoms with Crippen LogP contribution in [0.5, 0.6) is 5.75 Å². The fourth-order valence-electron chi connectivity index (χ4n) is 3.28. The van der Waals surface area contributed by atoms with E-state index in [1.165, 1.54) is 4.90 Å². The number of hydrogen-bond donors (Lipinski definition) is 0. The van der Waals surface area contributed by atoms with Gasteiger partial charge in [-0.1, -0.05) is 0 Å². The van der Waals surface area contributed by atoms with Crippen LogP contribution in [0.4, 0.5) is 5.69 Å². The Morgan fingerprint density at radius 2 is 2.16 bits per heavy atom. The SMILES string of the molecule is CN(C)C[C@@H]1COCCN(C(=O)c2ccc3c(c2)N(C)C(=O)CO3)C1. The molecule has 2 amide bonds. The van der Waals surface area contributed by atoms with E-state index in [9.17, 15) is 9.59 Å². The van der Waals surface area contributed by atoms with Crippen molar-refractivity contribution >= 4 is 17.5 Å². The minimum atomic E-state index is -0.119. The van der Waals surface area contributed by atoms with Crippen LogP contribution in [0.15, 0.2) is 18.2 Å². The maximum atomic E-state index is 13.0. The smallest absolute Gasteiger partial charge is 0.264 e. The molecule has 1 atom stereocenters. The molecule has 2 aliphatic heterocycles. The van der Waals surface area contributed by atoms with Crippen LogP contribution in [0.25, 0.3) is 0 Å². The number of carbonyl (C=O) groups is 2. The maximum absolute atomic E-state index is 13.0. The summed E-state index contributed by atoms with van der Waals surface area (Å²) in [5.74, 6) is 0.754. The van der Waals surface area contributed by atoms with Gasteiger partial charge in [0.2, 0.25) is 0 Å². The first kappa shape index (κ1) is 17.7. The Labute approximate surface area is 148 Å². The van der Waals surface area contributed by atoms with E-state index in [0.29, 0.717) is 43.3 Å². The Morgan fingerprint density at radius 3 is 2.92 bits per heavy atom. The highest BCUT2D eigenvalue weighted by Gasteiger charge is 2.27. The van der Waals surface area contributed by atoms with Crippen molar-refractivity contribution in [2.45, 2.75) is 0 Å². The lowest BCUT2D eigenvalue weighted by molar-refractivity contribution is -0.120. The molecule has 0 N–H and O–H groups in total. The molecule has 1 aromatic rings. The van der Waals surface area contributed by atoms with Crippen LogP contribution in [-0.2, 0) is 9.53 Å². The highest BCUT2D eigenvalue weighted by atomic mass is 16.5. The van der Waals surface area contributed by atoms with E-state index in [2.05, 4.69) is 4.90 Å². The fourth-order valence-corrected chi connectivity index (χ4v) is 3.28. The summed E-state index contributed by atoms with van der Waals surface area (Å²) in [6.07, 6.45) is 0. The molecule has 7 heteroatoms. The van der Waals surface area contributed by atoms with Gasteiger partial charge in [0.15, 0.2) is 6.61 Å². The summed E-state index contributed by atoms with van der Waals surface area (Å²) in [6.45, 7) is 3.36. The predicted molar refractivity (Wildman–Crippen MR) is 94.1 cm³/mol. The van der Waals surface area contributed by atoms with Gasteiger partial charge < -0.3 is 24.2 Å². The zero-order valence-corrected chi connectivity index (χ0v) is 15.0. The number of nitrogens with zero attached hydrogens (tertiary/aromatic N) is 3. The topological polar surface area (TPSA) is 62.3 Å². The Bertz CT molecular complexity index is 662. The van der Waals surface area contributed by atoms with Gasteiger partial charge in [0.05, 0.1) is 18.9 Å². The van der Waals surface area contributed by atoms with Gasteiger partial charge in [-0.25, -0.2) is 0 Å². The monoisotopic (exact) mass is 347 g/mol. The third kappa shape index (κ3) is 3.93. The summed E-state index contributed by atoms with van der Waals surface area (Å²) in [4.78, 5) is 30.3. The number of hydrogen-bond acceptors (Lipinski definition) is 5. The maximum Gasteiger partial charge on any atom is 0.264 e. The standard InChI is InChI=1S/C18H25N3O4/c1-19(2)9-13-10-21(6-7-24-11-13)18(23)14-4-5-16-15(8-14)20(3)17(22)12-25-16/h4-5,8,13H,6-7,9-12H2,1-3H3/t13-/m0/s1. The predicted octanol–water partition coefficient (Wildman–Crippen LogP) is 0.692. The average molecular weight is 347 g/mol. The van der Waals surface area contributed by atoms with E-state index in [-0.39, 0.29) is 24.3 Å². The van der Waals surface area contributed by atoms with Crippen molar-refractivity contribution in [3.63, 3.8) is 0 Å². The van der Waals surface area contributed by atoms with Crippen LogP contribution in [0, 0.1) is 5.92 Å². The zero-order valence-electron chi connectivity index (χ0n) is 15.0. The molecular formula is C18H25N3O4. The quantitative estimate of drug-likeness (QED) is 0.805. The summed E-state index contributed by atoms with van der Waals surface area (Å²) >= 11 is 0. The molecule has 25 heavy (non-hydrogen) atoms. The molecule has 0 aromatic heterocycles. The van der Waals surface area contributed by atoms with Gasteiger partial charge in [-0.05, 0) is 32.3 Å². The molecule has 2 heterocycles. The summed E-state index contributed by atoms with van der Waals surface area (Å²) < 4.78 is 11.1. The molecule has 1 fully saturated rings. The van der Waals surface area contributed by atoms with E-state index in [1.807, 2.05) is 19.0 Å². The Morgan fingerprint density at radius 1 is 1.36 bits per heavy atom. The molecule has 0 saturated carbocycles. The first-order valence-corrected chi connectivity index (χ1v) is 8.51. The van der Waals surface area contributed by atoms with Crippen molar-refractivity contribution in [2.24, 2.45) is 5.92 Å². The largest absolute Gasteiger partial charge is 0.482 e. The minimum Gasteiger partial charge on any atom is -0.482 e. The third-order valence-corrected chi connectivity index (χ3v) is 4.54. The molecule has 0 aliphatic carbocycles. The zero-order chi connectivity index (χ0) is 18.0. The summed E-state index contributed by atoms with van der Waals surface area (Å²) in [5, 5.41) is 0. The second kappa shape index (κ2) is 7.41.